The van der Waals surface area contributed by atoms with Gasteiger partial charge in [0.15, 0.2) is 0 Å². The zero-order chi connectivity index (χ0) is 18.0. The molecule has 1 saturated heterocycles. The Morgan fingerprint density at radius 2 is 2.00 bits per heavy atom. The molecule has 1 aliphatic heterocycles. The predicted octanol–water partition coefficient (Wildman–Crippen LogP) is 2.69. The highest BCUT2D eigenvalue weighted by atomic mass is 35.5. The van der Waals surface area contributed by atoms with Gasteiger partial charge in [-0.05, 0) is 42.5 Å². The number of carbonyl (C=O) groups is 1. The Bertz CT molecular complexity index is 750. The van der Waals surface area contributed by atoms with Crippen LogP contribution in [0.25, 0.3) is 0 Å². The van der Waals surface area contributed by atoms with E-state index in [4.69, 9.17) is 11.6 Å². The van der Waals surface area contributed by atoms with Crippen molar-refractivity contribution in [3.05, 3.63) is 34.6 Å². The lowest BCUT2D eigenvalue weighted by molar-refractivity contribution is -0.129. The van der Waals surface area contributed by atoms with Crippen LogP contribution < -0.4 is 4.72 Å². The van der Waals surface area contributed by atoms with Crippen LogP contribution in [-0.2, 0) is 20.6 Å². The summed E-state index contributed by atoms with van der Waals surface area (Å²) in [5.41, 5.74) is 0.226. The number of halogens is 2. The number of rotatable bonds is 6. The fourth-order valence-corrected chi connectivity index (χ4v) is 5.17. The average molecular weight is 389 g/mol. The van der Waals surface area contributed by atoms with Gasteiger partial charge in [0, 0.05) is 30.6 Å². The molecule has 5 nitrogen and oxygen atoms in total. The number of nitrogens with one attached hydrogen (secondary N) is 1. The van der Waals surface area contributed by atoms with Gasteiger partial charge in [-0.1, -0.05) is 24.4 Å². The third-order valence-electron chi connectivity index (χ3n) is 4.95. The van der Waals surface area contributed by atoms with Crippen LogP contribution in [-0.4, -0.2) is 38.4 Å². The molecule has 1 heterocycles. The molecular weight excluding hydrogens is 367 g/mol. The molecule has 2 fully saturated rings. The van der Waals surface area contributed by atoms with Crippen molar-refractivity contribution in [1.29, 1.82) is 0 Å². The average Bonchev–Trinajstić information content (AvgIpc) is 3.18. The van der Waals surface area contributed by atoms with Crippen molar-refractivity contribution < 1.29 is 17.6 Å². The van der Waals surface area contributed by atoms with Gasteiger partial charge >= 0.3 is 0 Å². The molecule has 0 spiro atoms. The molecule has 0 radical (unpaired) electrons. The van der Waals surface area contributed by atoms with E-state index in [-0.39, 0.29) is 34.7 Å². The molecule has 1 N–H and O–H groups in total. The molecule has 0 aromatic heterocycles. The summed E-state index contributed by atoms with van der Waals surface area (Å²) in [4.78, 5) is 14.1. The quantitative estimate of drug-likeness (QED) is 0.814. The largest absolute Gasteiger partial charge is 0.339 e. The molecule has 1 aromatic carbocycles. The van der Waals surface area contributed by atoms with Crippen LogP contribution in [0, 0.1) is 11.7 Å². The van der Waals surface area contributed by atoms with Gasteiger partial charge in [-0.3, -0.25) is 4.79 Å². The van der Waals surface area contributed by atoms with E-state index < -0.39 is 15.8 Å². The lowest BCUT2D eigenvalue weighted by atomic mass is 10.1. The van der Waals surface area contributed by atoms with Crippen molar-refractivity contribution in [2.75, 3.05) is 13.1 Å². The number of hydrogen-bond acceptors (Lipinski definition) is 3. The molecule has 3 rings (SSSR count). The highest BCUT2D eigenvalue weighted by Gasteiger charge is 2.35. The van der Waals surface area contributed by atoms with Gasteiger partial charge in [0.05, 0.1) is 5.75 Å². The Morgan fingerprint density at radius 3 is 2.72 bits per heavy atom. The zero-order valence-electron chi connectivity index (χ0n) is 13.9. The maximum absolute atomic E-state index is 13.3. The molecule has 1 aromatic rings. The maximum Gasteiger partial charge on any atom is 0.223 e. The minimum Gasteiger partial charge on any atom is -0.339 e. The molecule has 1 amide bonds. The second-order valence-electron chi connectivity index (χ2n) is 6.90. The topological polar surface area (TPSA) is 66.5 Å². The normalized spacial score (nSPS) is 22.1. The number of hydrogen-bond donors (Lipinski definition) is 1. The van der Waals surface area contributed by atoms with E-state index in [2.05, 4.69) is 4.72 Å². The first-order valence-electron chi connectivity index (χ1n) is 8.55. The van der Waals surface area contributed by atoms with Gasteiger partial charge in [0.25, 0.3) is 0 Å². The van der Waals surface area contributed by atoms with Crippen LogP contribution in [0.3, 0.4) is 0 Å². The van der Waals surface area contributed by atoms with E-state index >= 15 is 0 Å². The van der Waals surface area contributed by atoms with Crippen LogP contribution in [0.5, 0.6) is 0 Å². The number of amides is 1. The van der Waals surface area contributed by atoms with E-state index in [9.17, 15) is 17.6 Å². The fourth-order valence-electron chi connectivity index (χ4n) is 3.67. The predicted molar refractivity (Wildman–Crippen MR) is 94.1 cm³/mol. The Balaban J connectivity index is 1.55. The molecule has 138 valence electrons. The number of sulfonamides is 1. The Morgan fingerprint density at radius 1 is 1.28 bits per heavy atom. The Labute approximate surface area is 152 Å². The van der Waals surface area contributed by atoms with Crippen LogP contribution in [0.4, 0.5) is 4.39 Å². The summed E-state index contributed by atoms with van der Waals surface area (Å²) in [7, 11) is -3.65. The molecule has 0 bridgehead atoms. The van der Waals surface area contributed by atoms with Crippen molar-refractivity contribution in [2.45, 2.75) is 43.9 Å². The van der Waals surface area contributed by atoms with E-state index in [0.29, 0.717) is 19.0 Å². The second-order valence-corrected chi connectivity index (χ2v) is 9.11. The first-order valence-corrected chi connectivity index (χ1v) is 10.6. The van der Waals surface area contributed by atoms with Gasteiger partial charge < -0.3 is 4.90 Å². The Hall–Kier alpha value is -1.18. The van der Waals surface area contributed by atoms with Crippen LogP contribution in [0.1, 0.15) is 37.7 Å². The monoisotopic (exact) mass is 388 g/mol. The van der Waals surface area contributed by atoms with Crippen LogP contribution >= 0.6 is 11.6 Å². The SMILES string of the molecule is O=C1CC(CNS(=O)(=O)Cc2cc(F)ccc2Cl)CN1C1CCCC1. The maximum atomic E-state index is 13.3. The summed E-state index contributed by atoms with van der Waals surface area (Å²) in [6.07, 6.45) is 4.77. The van der Waals surface area contributed by atoms with Crippen LogP contribution in [0.2, 0.25) is 5.02 Å². The van der Waals surface area contributed by atoms with Crippen molar-refractivity contribution in [3.8, 4) is 0 Å². The standard InChI is InChI=1S/C17H22ClFN2O3S/c18-16-6-5-14(19)8-13(16)11-25(23,24)20-9-12-7-17(22)21(10-12)15-3-1-2-4-15/h5-6,8,12,15,20H,1-4,7,9-11H2. The molecular formula is C17H22ClFN2O3S. The number of carbonyl (C=O) groups excluding carboxylic acids is 1. The van der Waals surface area contributed by atoms with Gasteiger partial charge in [-0.25, -0.2) is 17.5 Å². The molecule has 1 saturated carbocycles. The second kappa shape index (κ2) is 7.60. The van der Waals surface area contributed by atoms with Gasteiger partial charge in [0.2, 0.25) is 15.9 Å². The molecule has 8 heteroatoms. The summed E-state index contributed by atoms with van der Waals surface area (Å²) >= 11 is 5.93. The smallest absolute Gasteiger partial charge is 0.223 e. The summed E-state index contributed by atoms with van der Waals surface area (Å²) in [6, 6.07) is 3.98. The van der Waals surface area contributed by atoms with Crippen molar-refractivity contribution in [2.24, 2.45) is 5.92 Å². The number of benzene rings is 1. The lowest BCUT2D eigenvalue weighted by Crippen LogP contribution is -2.36. The minimum atomic E-state index is -3.65. The first kappa shape index (κ1) is 18.6. The zero-order valence-corrected chi connectivity index (χ0v) is 15.5. The lowest BCUT2D eigenvalue weighted by Gasteiger charge is -2.24. The van der Waals surface area contributed by atoms with Crippen molar-refractivity contribution >= 4 is 27.5 Å². The van der Waals surface area contributed by atoms with Crippen molar-refractivity contribution in [1.82, 2.24) is 9.62 Å². The minimum absolute atomic E-state index is 0.0224. The van der Waals surface area contributed by atoms with Gasteiger partial charge in [-0.2, -0.15) is 0 Å². The third-order valence-corrected chi connectivity index (χ3v) is 6.62. The van der Waals surface area contributed by atoms with E-state index in [1.807, 2.05) is 4.90 Å². The molecule has 1 aliphatic carbocycles. The molecule has 1 atom stereocenters. The highest BCUT2D eigenvalue weighted by Crippen LogP contribution is 2.29. The molecule has 2 aliphatic rings. The highest BCUT2D eigenvalue weighted by molar-refractivity contribution is 7.88. The Kier molecular flexibility index (Phi) is 5.65. The van der Waals surface area contributed by atoms with E-state index in [0.717, 1.165) is 31.7 Å². The molecule has 1 unspecified atom stereocenters. The number of likely N-dealkylation sites (tertiary alicyclic amines) is 1. The van der Waals surface area contributed by atoms with E-state index in [1.165, 1.54) is 12.1 Å². The van der Waals surface area contributed by atoms with Gasteiger partial charge in [0.1, 0.15) is 5.82 Å². The first-order chi connectivity index (χ1) is 11.8. The van der Waals surface area contributed by atoms with Gasteiger partial charge in [-0.15, -0.1) is 0 Å². The summed E-state index contributed by atoms with van der Waals surface area (Å²) in [5.74, 6) is -0.810. The number of nitrogens with zero attached hydrogens (tertiary/aromatic N) is 1. The fraction of sp³-hybridized carbons (Fsp3) is 0.588. The van der Waals surface area contributed by atoms with E-state index in [1.54, 1.807) is 0 Å². The summed E-state index contributed by atoms with van der Waals surface area (Å²) in [6.45, 7) is 0.816. The third kappa shape index (κ3) is 4.71. The molecule has 25 heavy (non-hydrogen) atoms. The van der Waals surface area contributed by atoms with Crippen LogP contribution in [0.15, 0.2) is 18.2 Å². The summed E-state index contributed by atoms with van der Waals surface area (Å²) < 4.78 is 40.3. The summed E-state index contributed by atoms with van der Waals surface area (Å²) in [5, 5.41) is 0.218. The van der Waals surface area contributed by atoms with Crippen molar-refractivity contribution in [3.63, 3.8) is 0 Å².